The zero-order chi connectivity index (χ0) is 49.6. The highest BCUT2D eigenvalue weighted by molar-refractivity contribution is 7.86. The van der Waals surface area contributed by atoms with Crippen molar-refractivity contribution in [1.29, 1.82) is 0 Å². The number of nitrogens with zero attached hydrogens (tertiary/aromatic N) is 2. The highest BCUT2D eigenvalue weighted by Crippen LogP contribution is 2.24. The number of benzene rings is 5. The molecule has 0 spiro atoms. The number of anilines is 4. The van der Waals surface area contributed by atoms with Crippen LogP contribution in [0, 0.1) is 13.8 Å². The quantitative estimate of drug-likeness (QED) is 0.0846. The van der Waals surface area contributed by atoms with Crippen molar-refractivity contribution in [2.75, 3.05) is 28.4 Å². The third-order valence-electron chi connectivity index (χ3n) is 9.53. The predicted molar refractivity (Wildman–Crippen MR) is 251 cm³/mol. The molecule has 2 aromatic heterocycles. The number of aromatic nitrogens is 2. The number of carbonyl (C=O) groups excluding carboxylic acids is 4. The number of ether oxygens (including phenoxy) is 1. The maximum atomic E-state index is 13.1. The van der Waals surface area contributed by atoms with Gasteiger partial charge in [0.1, 0.15) is 51.5 Å². The largest absolute Gasteiger partial charge is 0.744 e. The number of carbonyl (C=O) groups is 4. The van der Waals surface area contributed by atoms with Gasteiger partial charge in [0, 0.05) is 40.2 Å². The van der Waals surface area contributed by atoms with E-state index in [9.17, 15) is 45.1 Å². The Labute approximate surface area is 393 Å². The van der Waals surface area contributed by atoms with Gasteiger partial charge >= 0.3 is 0 Å². The molecule has 4 N–H and O–H groups in total. The van der Waals surface area contributed by atoms with E-state index in [1.165, 1.54) is 49.6 Å². The molecule has 0 radical (unpaired) electrons. The van der Waals surface area contributed by atoms with Crippen LogP contribution in [0.5, 0.6) is 5.75 Å². The number of pyridine rings is 2. The van der Waals surface area contributed by atoms with Crippen LogP contribution in [-0.4, -0.2) is 56.7 Å². The molecule has 0 unspecified atom stereocenters. The Balaban J connectivity index is 0.000000319. The van der Waals surface area contributed by atoms with Crippen molar-refractivity contribution < 1.29 is 59.0 Å². The first-order valence-corrected chi connectivity index (χ1v) is 23.1. The van der Waals surface area contributed by atoms with Gasteiger partial charge in [0.25, 0.3) is 23.6 Å². The molecule has 17 nitrogen and oxygen atoms in total. The monoisotopic (exact) mass is 958 g/mol. The van der Waals surface area contributed by atoms with Gasteiger partial charge in [-0.1, -0.05) is 35.4 Å². The van der Waals surface area contributed by atoms with Crippen LogP contribution in [0.25, 0.3) is 0 Å². The lowest BCUT2D eigenvalue weighted by molar-refractivity contribution is -0.670. The third-order valence-corrected chi connectivity index (χ3v) is 11.2. The molecular formula is C49H46N6O11S2. The number of rotatable bonds is 11. The van der Waals surface area contributed by atoms with Crippen LogP contribution < -0.4 is 35.1 Å². The van der Waals surface area contributed by atoms with Gasteiger partial charge < -0.3 is 35.1 Å². The van der Waals surface area contributed by atoms with E-state index in [1.54, 1.807) is 97.3 Å². The minimum absolute atomic E-state index is 0.178. The summed E-state index contributed by atoms with van der Waals surface area (Å²) < 4.78 is 71.4. The van der Waals surface area contributed by atoms with Crippen molar-refractivity contribution >= 4 is 66.6 Å². The SMILES string of the molecule is COc1cc(C(=O)Nc2ccc(C(=O)Nc3ccc[n+](C)c3)cc2)ccc1C(=O)Nc1ccc(C(=O)Nc2ccc[n+](C)c2)cc1.Cc1ccc(S(=O)(=O)[O-])cc1.Cc1ccc(S(=O)(=O)[O-])cc1. The van der Waals surface area contributed by atoms with Crippen molar-refractivity contribution in [1.82, 2.24) is 0 Å². The number of nitrogens with one attached hydrogen (secondary N) is 4. The number of hydrogen-bond donors (Lipinski definition) is 4. The highest BCUT2D eigenvalue weighted by Gasteiger charge is 2.17. The molecule has 350 valence electrons. The summed E-state index contributed by atoms with van der Waals surface area (Å²) in [6.45, 7) is 3.64. The zero-order valence-corrected chi connectivity index (χ0v) is 38.9. The second kappa shape index (κ2) is 22.9. The van der Waals surface area contributed by atoms with E-state index in [0.717, 1.165) is 11.1 Å². The van der Waals surface area contributed by atoms with Crippen molar-refractivity contribution in [3.05, 3.63) is 198 Å². The van der Waals surface area contributed by atoms with E-state index in [1.807, 2.05) is 61.6 Å². The minimum atomic E-state index is -4.27. The van der Waals surface area contributed by atoms with Crippen LogP contribution in [0.2, 0.25) is 0 Å². The summed E-state index contributed by atoms with van der Waals surface area (Å²) in [6, 6.07) is 36.3. The van der Waals surface area contributed by atoms with E-state index in [0.29, 0.717) is 33.9 Å². The van der Waals surface area contributed by atoms with E-state index >= 15 is 0 Å². The minimum Gasteiger partial charge on any atom is -0.744 e. The summed E-state index contributed by atoms with van der Waals surface area (Å²) in [7, 11) is -3.40. The molecule has 4 amide bonds. The fraction of sp³-hybridized carbons (Fsp3) is 0.102. The van der Waals surface area contributed by atoms with Gasteiger partial charge in [0.05, 0.1) is 22.5 Å². The van der Waals surface area contributed by atoms with Crippen LogP contribution in [0.3, 0.4) is 0 Å². The predicted octanol–water partition coefficient (Wildman–Crippen LogP) is 6.15. The molecular weight excluding hydrogens is 913 g/mol. The molecule has 19 heteroatoms. The molecule has 0 aliphatic carbocycles. The molecule has 0 atom stereocenters. The number of methoxy groups -OCH3 is 1. The number of aryl methyl sites for hydroxylation is 4. The van der Waals surface area contributed by atoms with E-state index in [-0.39, 0.29) is 38.5 Å². The number of amides is 4. The van der Waals surface area contributed by atoms with Gasteiger partial charge in [-0.2, -0.15) is 0 Å². The third kappa shape index (κ3) is 15.2. The first-order chi connectivity index (χ1) is 32.2. The maximum Gasteiger partial charge on any atom is 0.259 e. The lowest BCUT2D eigenvalue weighted by atomic mass is 10.1. The molecule has 0 fully saturated rings. The van der Waals surface area contributed by atoms with Crippen LogP contribution in [0.4, 0.5) is 22.7 Å². The summed E-state index contributed by atoms with van der Waals surface area (Å²) in [4.78, 5) is 50.9. The topological polar surface area (TPSA) is 248 Å². The zero-order valence-electron chi connectivity index (χ0n) is 37.3. The van der Waals surface area contributed by atoms with Gasteiger partial charge in [-0.05, 0) is 117 Å². The molecule has 2 heterocycles. The molecule has 68 heavy (non-hydrogen) atoms. The lowest BCUT2D eigenvalue weighted by Crippen LogP contribution is -2.27. The van der Waals surface area contributed by atoms with Gasteiger partial charge in [-0.15, -0.1) is 0 Å². The van der Waals surface area contributed by atoms with Gasteiger partial charge in [0.15, 0.2) is 24.8 Å². The van der Waals surface area contributed by atoms with Crippen LogP contribution in [0.15, 0.2) is 174 Å². The molecule has 7 aromatic rings. The summed E-state index contributed by atoms with van der Waals surface area (Å²) >= 11 is 0. The molecule has 7 rings (SSSR count). The Bertz CT molecular complexity index is 3080. The van der Waals surface area contributed by atoms with Crippen molar-refractivity contribution in [3.63, 3.8) is 0 Å². The normalized spacial score (nSPS) is 10.8. The Morgan fingerprint density at radius 1 is 0.471 bits per heavy atom. The Kier molecular flexibility index (Phi) is 17.1. The molecule has 0 aliphatic heterocycles. The highest BCUT2D eigenvalue weighted by atomic mass is 32.2. The van der Waals surface area contributed by atoms with E-state index in [2.05, 4.69) is 21.3 Å². The average molecular weight is 959 g/mol. The Hall–Kier alpha value is -8.10. The van der Waals surface area contributed by atoms with Crippen molar-refractivity contribution in [2.24, 2.45) is 14.1 Å². The first-order valence-electron chi connectivity index (χ1n) is 20.3. The van der Waals surface area contributed by atoms with Crippen LogP contribution >= 0.6 is 0 Å². The van der Waals surface area contributed by atoms with Gasteiger partial charge in [0.2, 0.25) is 0 Å². The van der Waals surface area contributed by atoms with Crippen molar-refractivity contribution in [3.8, 4) is 5.75 Å². The maximum absolute atomic E-state index is 13.1. The standard InChI is InChI=1S/C35H30N6O5.2C7H8O3S/c1-40-18-4-6-28(21-40)38-32(42)23-8-13-26(14-9-23)36-34(44)25-12-17-30(31(20-25)46-3)35(45)37-27-15-10-24(11-16-27)33(43)39-29-7-5-19-41(2)22-29;2*1-6-2-4-7(5-3-6)11(8,9)10/h4-22H,1-3H3,(H2-2,36,37,38,39,42,43,44,45);2*2-5H,1H3,(H,8,9,10). The second-order valence-corrected chi connectivity index (χ2v) is 17.7. The smallest absolute Gasteiger partial charge is 0.259 e. The summed E-state index contributed by atoms with van der Waals surface area (Å²) in [6.07, 6.45) is 7.31. The van der Waals surface area contributed by atoms with E-state index < -0.39 is 32.1 Å². The molecule has 5 aromatic carbocycles. The van der Waals surface area contributed by atoms with Crippen LogP contribution in [-0.2, 0) is 34.3 Å². The van der Waals surface area contributed by atoms with Crippen LogP contribution in [0.1, 0.15) is 52.6 Å². The summed E-state index contributed by atoms with van der Waals surface area (Å²) in [5, 5.41) is 11.2. The average Bonchev–Trinajstić information content (AvgIpc) is 3.29. The Morgan fingerprint density at radius 2 is 0.824 bits per heavy atom. The fourth-order valence-corrected chi connectivity index (χ4v) is 6.91. The fourth-order valence-electron chi connectivity index (χ4n) is 5.97. The second-order valence-electron chi connectivity index (χ2n) is 14.9. The van der Waals surface area contributed by atoms with Gasteiger partial charge in [-0.3, -0.25) is 19.2 Å². The summed E-state index contributed by atoms with van der Waals surface area (Å²) in [5.41, 5.74) is 5.50. The Morgan fingerprint density at radius 3 is 1.19 bits per heavy atom. The van der Waals surface area contributed by atoms with Crippen molar-refractivity contribution in [2.45, 2.75) is 23.6 Å². The molecule has 0 saturated carbocycles. The van der Waals surface area contributed by atoms with E-state index in [4.69, 9.17) is 4.74 Å². The molecule has 0 bridgehead atoms. The number of hydrogen-bond acceptors (Lipinski definition) is 11. The lowest BCUT2D eigenvalue weighted by Gasteiger charge is -2.12. The summed E-state index contributed by atoms with van der Waals surface area (Å²) in [5.74, 6) is -1.22. The molecule has 0 aliphatic rings. The first kappa shape index (κ1) is 50.9. The molecule has 0 saturated heterocycles. The van der Waals surface area contributed by atoms with Gasteiger partial charge in [-0.25, -0.2) is 26.0 Å².